The van der Waals surface area contributed by atoms with Gasteiger partial charge in [0.15, 0.2) is 0 Å². The average Bonchev–Trinajstić information content (AvgIpc) is 2.95. The Bertz CT molecular complexity index is 1330. The van der Waals surface area contributed by atoms with Crippen LogP contribution in [0, 0.1) is 0 Å². The molecule has 0 spiro atoms. The van der Waals surface area contributed by atoms with Crippen molar-refractivity contribution < 1.29 is 18.3 Å². The summed E-state index contributed by atoms with van der Waals surface area (Å²) < 4.78 is 29.3. The van der Waals surface area contributed by atoms with Crippen LogP contribution in [0.4, 0.5) is 11.4 Å². The number of fused-ring (bicyclic) bond motifs is 1. The number of nitrogens with zero attached hydrogens (tertiary/aromatic N) is 3. The highest BCUT2D eigenvalue weighted by Gasteiger charge is 2.37. The van der Waals surface area contributed by atoms with E-state index in [2.05, 4.69) is 16.8 Å². The van der Waals surface area contributed by atoms with Crippen LogP contribution in [0.5, 0.6) is 0 Å². The first-order valence-corrected chi connectivity index (χ1v) is 14.2. The van der Waals surface area contributed by atoms with E-state index in [1.54, 1.807) is 19.2 Å². The Labute approximate surface area is 210 Å². The van der Waals surface area contributed by atoms with Crippen LogP contribution in [0.3, 0.4) is 0 Å². The average molecular weight is 512 g/mol. The fourth-order valence-corrected chi connectivity index (χ4v) is 6.62. The zero-order chi connectivity index (χ0) is 25.2. The summed E-state index contributed by atoms with van der Waals surface area (Å²) in [5, 5.41) is 9.41. The minimum Gasteiger partial charge on any atom is -0.477 e. The lowest BCUT2D eigenvalue weighted by Gasteiger charge is -2.29. The third kappa shape index (κ3) is 4.94. The van der Waals surface area contributed by atoms with Gasteiger partial charge in [-0.2, -0.15) is 4.31 Å². The molecule has 0 saturated carbocycles. The van der Waals surface area contributed by atoms with Crippen molar-refractivity contribution in [2.75, 3.05) is 24.7 Å². The summed E-state index contributed by atoms with van der Waals surface area (Å²) >= 11 is 1.49. The van der Waals surface area contributed by atoms with E-state index in [1.807, 2.05) is 42.7 Å². The van der Waals surface area contributed by atoms with Gasteiger partial charge in [-0.15, -0.1) is 11.8 Å². The van der Waals surface area contributed by atoms with Crippen molar-refractivity contribution in [1.29, 1.82) is 0 Å². The Morgan fingerprint density at radius 1 is 1.17 bits per heavy atom. The van der Waals surface area contributed by atoms with Crippen LogP contribution in [-0.4, -0.2) is 54.7 Å². The highest BCUT2D eigenvalue weighted by Crippen LogP contribution is 2.43. The van der Waals surface area contributed by atoms with Crippen LogP contribution >= 0.6 is 11.8 Å². The van der Waals surface area contributed by atoms with E-state index in [-0.39, 0.29) is 16.6 Å². The number of carboxylic acids is 1. The Morgan fingerprint density at radius 3 is 2.57 bits per heavy atom. The van der Waals surface area contributed by atoms with Crippen LogP contribution in [0.1, 0.15) is 36.7 Å². The van der Waals surface area contributed by atoms with Crippen molar-refractivity contribution in [2.45, 2.75) is 42.0 Å². The number of benzene rings is 2. The van der Waals surface area contributed by atoms with Crippen LogP contribution in [0.25, 0.3) is 11.1 Å². The topological polar surface area (TPSA) is 90.8 Å². The zero-order valence-corrected chi connectivity index (χ0v) is 21.6. The summed E-state index contributed by atoms with van der Waals surface area (Å²) in [6, 6.07) is 16.4. The van der Waals surface area contributed by atoms with E-state index in [9.17, 15) is 18.3 Å². The van der Waals surface area contributed by atoms with Gasteiger partial charge >= 0.3 is 5.97 Å². The molecule has 1 aliphatic rings. The number of para-hydroxylation sites is 1. The molecule has 9 heteroatoms. The lowest BCUT2D eigenvalue weighted by Crippen LogP contribution is -2.40. The quantitative estimate of drug-likeness (QED) is 0.419. The standard InChI is InChI=1S/C26H29N3O4S2/c1-4-5-9-20-17-29(19-10-7-6-8-11-19)23-16-24(34-3)21(15-25(23)35(32,33)28(20)2)18-12-13-27-22(14-18)26(30)31/h6-8,10-16,20H,4-5,9,17H2,1-3H3,(H,30,31). The Morgan fingerprint density at radius 2 is 1.91 bits per heavy atom. The summed E-state index contributed by atoms with van der Waals surface area (Å²) in [4.78, 5) is 18.6. The smallest absolute Gasteiger partial charge is 0.354 e. The number of sulfonamides is 1. The summed E-state index contributed by atoms with van der Waals surface area (Å²) in [6.07, 6.45) is 6.04. The largest absolute Gasteiger partial charge is 0.477 e. The van der Waals surface area contributed by atoms with Crippen molar-refractivity contribution in [3.8, 4) is 11.1 Å². The predicted octanol–water partition coefficient (Wildman–Crippen LogP) is 5.50. The number of likely N-dealkylation sites (N-methyl/N-ethyl adjacent to an activating group) is 1. The van der Waals surface area contributed by atoms with Crippen LogP contribution in [-0.2, 0) is 10.0 Å². The SMILES string of the molecule is CCCCC1CN(c2ccccc2)c2cc(SC)c(-c3ccnc(C(=O)O)c3)cc2S(=O)(=O)N1C. The molecule has 2 heterocycles. The number of hydrogen-bond donors (Lipinski definition) is 1. The number of thioether (sulfide) groups is 1. The second kappa shape index (κ2) is 10.4. The van der Waals surface area contributed by atoms with E-state index in [4.69, 9.17) is 0 Å². The molecule has 0 aliphatic carbocycles. The summed E-state index contributed by atoms with van der Waals surface area (Å²) in [5.74, 6) is -1.13. The molecule has 35 heavy (non-hydrogen) atoms. The molecule has 1 aromatic heterocycles. The van der Waals surface area contributed by atoms with Gasteiger partial charge in [0.25, 0.3) is 0 Å². The highest BCUT2D eigenvalue weighted by molar-refractivity contribution is 7.98. The van der Waals surface area contributed by atoms with Gasteiger partial charge in [-0.3, -0.25) is 0 Å². The minimum absolute atomic E-state index is 0.0880. The molecule has 0 saturated heterocycles. The van der Waals surface area contributed by atoms with Crippen molar-refractivity contribution >= 4 is 39.1 Å². The summed E-state index contributed by atoms with van der Waals surface area (Å²) in [6.45, 7) is 2.64. The van der Waals surface area contributed by atoms with Gasteiger partial charge < -0.3 is 10.0 Å². The molecule has 7 nitrogen and oxygen atoms in total. The Hall–Kier alpha value is -2.88. The van der Waals surface area contributed by atoms with Gasteiger partial charge in [-0.05, 0) is 60.2 Å². The number of carboxylic acid groups (broad SMARTS) is 1. The zero-order valence-electron chi connectivity index (χ0n) is 20.0. The van der Waals surface area contributed by atoms with Crippen molar-refractivity contribution in [1.82, 2.24) is 9.29 Å². The van der Waals surface area contributed by atoms with Crippen LogP contribution < -0.4 is 4.90 Å². The maximum Gasteiger partial charge on any atom is 0.354 e. The number of pyridine rings is 1. The first kappa shape index (κ1) is 25.2. The van der Waals surface area contributed by atoms with E-state index >= 15 is 0 Å². The lowest BCUT2D eigenvalue weighted by atomic mass is 10.0. The maximum atomic E-state index is 13.9. The number of anilines is 2. The van der Waals surface area contributed by atoms with Gasteiger partial charge in [0.05, 0.1) is 5.69 Å². The minimum atomic E-state index is -3.81. The molecule has 3 aromatic rings. The number of aromatic nitrogens is 1. The van der Waals surface area contributed by atoms with Gasteiger partial charge in [0.1, 0.15) is 10.6 Å². The van der Waals surface area contributed by atoms with Gasteiger partial charge in [-0.25, -0.2) is 18.2 Å². The predicted molar refractivity (Wildman–Crippen MR) is 140 cm³/mol. The number of hydrogen-bond acceptors (Lipinski definition) is 6. The second-order valence-corrected chi connectivity index (χ2v) is 11.3. The van der Waals surface area contributed by atoms with E-state index in [1.165, 1.54) is 28.3 Å². The fourth-order valence-electron chi connectivity index (χ4n) is 4.42. The molecule has 4 rings (SSSR count). The van der Waals surface area contributed by atoms with Crippen molar-refractivity contribution in [3.63, 3.8) is 0 Å². The molecule has 1 atom stereocenters. The van der Waals surface area contributed by atoms with Gasteiger partial charge in [0, 0.05) is 36.4 Å². The third-order valence-electron chi connectivity index (χ3n) is 6.39. The molecule has 1 unspecified atom stereocenters. The lowest BCUT2D eigenvalue weighted by molar-refractivity contribution is 0.0690. The second-order valence-electron chi connectivity index (χ2n) is 8.52. The van der Waals surface area contributed by atoms with Crippen LogP contribution in [0.15, 0.2) is 70.6 Å². The number of rotatable bonds is 7. The van der Waals surface area contributed by atoms with E-state index < -0.39 is 16.0 Å². The molecule has 0 radical (unpaired) electrons. The molecule has 184 valence electrons. The summed E-state index contributed by atoms with van der Waals surface area (Å²) in [5.41, 5.74) is 2.74. The molecular weight excluding hydrogens is 482 g/mol. The first-order chi connectivity index (χ1) is 16.8. The van der Waals surface area contributed by atoms with Gasteiger partial charge in [0.2, 0.25) is 10.0 Å². The summed E-state index contributed by atoms with van der Waals surface area (Å²) in [7, 11) is -2.15. The molecule has 2 aromatic carbocycles. The first-order valence-electron chi connectivity index (χ1n) is 11.5. The monoisotopic (exact) mass is 511 g/mol. The Balaban J connectivity index is 1.97. The molecule has 1 aliphatic heterocycles. The van der Waals surface area contributed by atoms with Gasteiger partial charge in [-0.1, -0.05) is 38.0 Å². The number of carbonyl (C=O) groups is 1. The molecule has 0 fully saturated rings. The normalized spacial score (nSPS) is 17.6. The fraction of sp³-hybridized carbons (Fsp3) is 0.308. The molecule has 0 amide bonds. The number of unbranched alkanes of at least 4 members (excludes halogenated alkanes) is 1. The highest BCUT2D eigenvalue weighted by atomic mass is 32.2. The maximum absolute atomic E-state index is 13.9. The van der Waals surface area contributed by atoms with E-state index in [0.717, 1.165) is 29.8 Å². The molecular formula is C26H29N3O4S2. The van der Waals surface area contributed by atoms with E-state index in [0.29, 0.717) is 23.4 Å². The number of aromatic carboxylic acids is 1. The molecule has 0 bridgehead atoms. The third-order valence-corrected chi connectivity index (χ3v) is 9.10. The van der Waals surface area contributed by atoms with Crippen LogP contribution in [0.2, 0.25) is 0 Å². The van der Waals surface area contributed by atoms with Crippen molar-refractivity contribution in [3.05, 3.63) is 66.5 Å². The van der Waals surface area contributed by atoms with Crippen molar-refractivity contribution in [2.24, 2.45) is 0 Å². The molecule has 1 N–H and O–H groups in total. The Kier molecular flexibility index (Phi) is 7.49.